The van der Waals surface area contributed by atoms with Gasteiger partial charge in [-0.2, -0.15) is 23.5 Å². The minimum atomic E-state index is -4.54. The molecule has 11 heteroatoms. The number of carbonyl (C=O) groups excluding carboxylic acids is 1. The number of hydrogen-bond donors (Lipinski definition) is 1. The zero-order chi connectivity index (χ0) is 26.1. The number of hydrogen-bond acceptors (Lipinski definition) is 6. The molecular formula is C25H25F3N6O2. The first kappa shape index (κ1) is 26.4. The van der Waals surface area contributed by atoms with Gasteiger partial charge in [-0.15, -0.1) is 0 Å². The molecule has 0 spiro atoms. The molecule has 36 heavy (non-hydrogen) atoms. The summed E-state index contributed by atoms with van der Waals surface area (Å²) in [6.07, 6.45) is 1.18. The number of pyridine rings is 1. The van der Waals surface area contributed by atoms with Crippen molar-refractivity contribution >= 4 is 12.1 Å². The van der Waals surface area contributed by atoms with E-state index in [1.54, 1.807) is 17.0 Å². The van der Waals surface area contributed by atoms with Crippen LogP contribution in [0.15, 0.2) is 54.0 Å². The molecule has 2 heterocycles. The van der Waals surface area contributed by atoms with Crippen molar-refractivity contribution < 1.29 is 22.7 Å². The lowest BCUT2D eigenvalue weighted by atomic mass is 9.91. The highest BCUT2D eigenvalue weighted by Crippen LogP contribution is 2.36. The molecular weight excluding hydrogens is 473 g/mol. The second-order valence-electron chi connectivity index (χ2n) is 7.94. The van der Waals surface area contributed by atoms with Crippen LogP contribution < -0.4 is 10.2 Å². The quantitative estimate of drug-likeness (QED) is 0.322. The number of aromatic nitrogens is 3. The summed E-state index contributed by atoms with van der Waals surface area (Å²) >= 11 is 0. The molecule has 3 rings (SSSR count). The van der Waals surface area contributed by atoms with E-state index in [0.29, 0.717) is 18.0 Å². The van der Waals surface area contributed by atoms with Crippen molar-refractivity contribution in [2.45, 2.75) is 44.7 Å². The van der Waals surface area contributed by atoms with Crippen LogP contribution in [0.2, 0.25) is 0 Å². The summed E-state index contributed by atoms with van der Waals surface area (Å²) in [7, 11) is 1.51. The lowest BCUT2D eigenvalue weighted by Crippen LogP contribution is -2.18. The van der Waals surface area contributed by atoms with Crippen molar-refractivity contribution in [1.29, 1.82) is 5.26 Å². The highest BCUT2D eigenvalue weighted by Gasteiger charge is 2.34. The van der Waals surface area contributed by atoms with Gasteiger partial charge in [-0.1, -0.05) is 18.2 Å². The number of rotatable bonds is 10. The second kappa shape index (κ2) is 12.0. The topological polar surface area (TPSA) is 105 Å². The van der Waals surface area contributed by atoms with Crippen molar-refractivity contribution in [1.82, 2.24) is 20.0 Å². The maximum absolute atomic E-state index is 13.2. The number of benzene rings is 1. The van der Waals surface area contributed by atoms with Gasteiger partial charge in [0.15, 0.2) is 0 Å². The second-order valence-corrected chi connectivity index (χ2v) is 7.94. The Hall–Kier alpha value is -4.20. The summed E-state index contributed by atoms with van der Waals surface area (Å²) in [5.74, 6) is -0.886. The molecule has 8 nitrogen and oxygen atoms in total. The molecule has 188 valence electrons. The molecule has 0 saturated carbocycles. The molecule has 0 aliphatic rings. The molecule has 0 aliphatic heterocycles. The lowest BCUT2D eigenvalue weighted by molar-refractivity contribution is -0.138. The number of alkyl halides is 3. The summed E-state index contributed by atoms with van der Waals surface area (Å²) in [6.45, 7) is 1.88. The Morgan fingerprint density at radius 2 is 2.08 bits per heavy atom. The van der Waals surface area contributed by atoms with Gasteiger partial charge >= 0.3 is 6.18 Å². The van der Waals surface area contributed by atoms with E-state index >= 15 is 0 Å². The number of nitrogens with zero attached hydrogens (tertiary/aromatic N) is 5. The van der Waals surface area contributed by atoms with Crippen molar-refractivity contribution in [3.05, 3.63) is 71.4 Å². The molecule has 1 atom stereocenters. The van der Waals surface area contributed by atoms with Gasteiger partial charge in [0.25, 0.3) is 0 Å². The molecule has 0 bridgehead atoms. The Balaban J connectivity index is 1.49. The molecule has 2 aromatic heterocycles. The van der Waals surface area contributed by atoms with E-state index in [-0.39, 0.29) is 30.7 Å². The monoisotopic (exact) mass is 498 g/mol. The summed E-state index contributed by atoms with van der Waals surface area (Å²) in [4.78, 5) is 20.7. The van der Waals surface area contributed by atoms with Gasteiger partial charge in [-0.25, -0.2) is 15.4 Å². The number of aryl methyl sites for hydroxylation is 2. The first-order valence-electron chi connectivity index (χ1n) is 11.1. The normalized spacial score (nSPS) is 12.3. The minimum absolute atomic E-state index is 0.0675. The highest BCUT2D eigenvalue weighted by molar-refractivity contribution is 5.76. The molecule has 0 aliphatic carbocycles. The lowest BCUT2D eigenvalue weighted by Gasteiger charge is -2.15. The van der Waals surface area contributed by atoms with Gasteiger partial charge in [0, 0.05) is 24.5 Å². The molecule has 1 unspecified atom stereocenters. The highest BCUT2D eigenvalue weighted by atomic mass is 19.4. The van der Waals surface area contributed by atoms with Gasteiger partial charge in [-0.05, 0) is 49.9 Å². The standard InChI is InChI=1S/C25H25F3N6O2/c1-17-15-34(16-30-17)22-11-9-19(32-24(22)36-2)10-12-23(35)33-31-13-5-6-18(14-29)20-7-3-4-8-21(20)25(26,27)28/h3-4,7-9,11,13,15-16,18H,5-6,10,12H2,1-2H3,(H,33,35)/b31-13-. The predicted molar refractivity (Wildman–Crippen MR) is 127 cm³/mol. The Kier molecular flexibility index (Phi) is 8.78. The van der Waals surface area contributed by atoms with Gasteiger partial charge in [0.1, 0.15) is 5.69 Å². The number of halogens is 3. The number of amides is 1. The van der Waals surface area contributed by atoms with E-state index in [0.717, 1.165) is 17.4 Å². The molecule has 1 N–H and O–H groups in total. The number of imidazole rings is 1. The van der Waals surface area contributed by atoms with Crippen LogP contribution in [0.1, 0.15) is 47.7 Å². The van der Waals surface area contributed by atoms with Crippen LogP contribution in [0, 0.1) is 18.3 Å². The van der Waals surface area contributed by atoms with E-state index in [2.05, 4.69) is 20.5 Å². The van der Waals surface area contributed by atoms with E-state index in [9.17, 15) is 23.2 Å². The van der Waals surface area contributed by atoms with Crippen LogP contribution in [0.5, 0.6) is 5.88 Å². The van der Waals surface area contributed by atoms with E-state index in [1.165, 1.54) is 31.5 Å². The molecule has 0 radical (unpaired) electrons. The fourth-order valence-corrected chi connectivity index (χ4v) is 3.58. The SMILES string of the molecule is COc1nc(CCC(=O)N/N=C\CCC(C#N)c2ccccc2C(F)(F)F)ccc1-n1cnc(C)c1. The van der Waals surface area contributed by atoms with Gasteiger partial charge in [-0.3, -0.25) is 4.79 Å². The van der Waals surface area contributed by atoms with Crippen molar-refractivity contribution in [3.63, 3.8) is 0 Å². The summed E-state index contributed by atoms with van der Waals surface area (Å²) in [6, 6.07) is 10.6. The number of nitrogens with one attached hydrogen (secondary N) is 1. The average Bonchev–Trinajstić information content (AvgIpc) is 3.30. The van der Waals surface area contributed by atoms with Crippen molar-refractivity contribution in [2.75, 3.05) is 7.11 Å². The van der Waals surface area contributed by atoms with Gasteiger partial charge < -0.3 is 9.30 Å². The van der Waals surface area contributed by atoms with Crippen LogP contribution in [-0.2, 0) is 17.4 Å². The predicted octanol–water partition coefficient (Wildman–Crippen LogP) is 4.73. The van der Waals surface area contributed by atoms with Crippen LogP contribution in [0.4, 0.5) is 13.2 Å². The number of carbonyl (C=O) groups is 1. The first-order valence-corrected chi connectivity index (χ1v) is 11.1. The number of methoxy groups -OCH3 is 1. The third kappa shape index (κ3) is 6.91. The fraction of sp³-hybridized carbons (Fsp3) is 0.320. The van der Waals surface area contributed by atoms with Crippen molar-refractivity contribution in [2.24, 2.45) is 5.10 Å². The third-order valence-electron chi connectivity index (χ3n) is 5.35. The Morgan fingerprint density at radius 3 is 2.75 bits per heavy atom. The summed E-state index contributed by atoms with van der Waals surface area (Å²) < 4.78 is 46.8. The van der Waals surface area contributed by atoms with E-state index in [4.69, 9.17) is 4.74 Å². The van der Waals surface area contributed by atoms with Crippen LogP contribution in [0.3, 0.4) is 0 Å². The molecule has 3 aromatic rings. The molecule has 1 aromatic carbocycles. The van der Waals surface area contributed by atoms with Crippen LogP contribution >= 0.6 is 0 Å². The zero-order valence-corrected chi connectivity index (χ0v) is 19.8. The smallest absolute Gasteiger partial charge is 0.416 e. The van der Waals surface area contributed by atoms with Gasteiger partial charge in [0.05, 0.1) is 36.7 Å². The Labute approximate surface area is 206 Å². The maximum atomic E-state index is 13.2. The average molecular weight is 499 g/mol. The Bertz CT molecular complexity index is 1260. The number of nitriles is 1. The summed E-state index contributed by atoms with van der Waals surface area (Å²) in [5, 5.41) is 13.2. The Morgan fingerprint density at radius 1 is 1.31 bits per heavy atom. The maximum Gasteiger partial charge on any atom is 0.416 e. The number of ether oxygens (including phenoxy) is 1. The fourth-order valence-electron chi connectivity index (χ4n) is 3.58. The summed E-state index contributed by atoms with van der Waals surface area (Å²) in [5.41, 5.74) is 3.74. The van der Waals surface area contributed by atoms with Crippen LogP contribution in [0.25, 0.3) is 5.69 Å². The zero-order valence-electron chi connectivity index (χ0n) is 19.8. The third-order valence-corrected chi connectivity index (χ3v) is 5.35. The number of hydrazone groups is 1. The molecule has 0 fully saturated rings. The van der Waals surface area contributed by atoms with E-state index in [1.807, 2.05) is 25.3 Å². The van der Waals surface area contributed by atoms with Gasteiger partial charge in [0.2, 0.25) is 11.8 Å². The van der Waals surface area contributed by atoms with Crippen LogP contribution in [-0.4, -0.2) is 33.8 Å². The first-order chi connectivity index (χ1) is 17.2. The largest absolute Gasteiger partial charge is 0.479 e. The molecule has 1 amide bonds. The minimum Gasteiger partial charge on any atom is -0.479 e. The van der Waals surface area contributed by atoms with Crippen molar-refractivity contribution in [3.8, 4) is 17.6 Å². The molecule has 0 saturated heterocycles. The van der Waals surface area contributed by atoms with E-state index < -0.39 is 17.7 Å².